The van der Waals surface area contributed by atoms with Crippen molar-refractivity contribution < 1.29 is 14.3 Å². The third-order valence-corrected chi connectivity index (χ3v) is 4.39. The van der Waals surface area contributed by atoms with Crippen molar-refractivity contribution in [3.63, 3.8) is 0 Å². The molecule has 25 heavy (non-hydrogen) atoms. The second-order valence-electron chi connectivity index (χ2n) is 7.11. The average Bonchev–Trinajstić information content (AvgIpc) is 2.54. The zero-order chi connectivity index (χ0) is 18.6. The first-order valence-electron chi connectivity index (χ1n) is 8.42. The summed E-state index contributed by atoms with van der Waals surface area (Å²) in [6.07, 6.45) is -0.327. The van der Waals surface area contributed by atoms with E-state index >= 15 is 0 Å². The number of anilines is 1. The van der Waals surface area contributed by atoms with Gasteiger partial charge in [0.1, 0.15) is 5.60 Å². The van der Waals surface area contributed by atoms with E-state index in [-0.39, 0.29) is 18.5 Å². The minimum absolute atomic E-state index is 0.00298. The lowest BCUT2D eigenvalue weighted by molar-refractivity contribution is -0.131. The van der Waals surface area contributed by atoms with Crippen LogP contribution in [0.3, 0.4) is 0 Å². The lowest BCUT2D eigenvalue weighted by Gasteiger charge is -2.35. The molecule has 0 unspecified atom stereocenters. The van der Waals surface area contributed by atoms with Gasteiger partial charge in [-0.2, -0.15) is 0 Å². The number of rotatable bonds is 3. The number of halogens is 1. The van der Waals surface area contributed by atoms with Crippen molar-refractivity contribution in [1.82, 2.24) is 9.80 Å². The average molecular weight is 368 g/mol. The molecule has 2 amide bonds. The second kappa shape index (κ2) is 7.95. The summed E-state index contributed by atoms with van der Waals surface area (Å²) in [5, 5.41) is 3.80. The van der Waals surface area contributed by atoms with Gasteiger partial charge in [-0.1, -0.05) is 17.7 Å². The zero-order valence-corrected chi connectivity index (χ0v) is 16.0. The Balaban J connectivity index is 1.81. The molecule has 6 nitrogen and oxygen atoms in total. The Hall–Kier alpha value is -1.95. The number of nitrogens with zero attached hydrogens (tertiary/aromatic N) is 2. The molecule has 0 radical (unpaired) electrons. The Bertz CT molecular complexity index is 635. The number of carbonyl (C=O) groups is 2. The number of nitrogens with one attached hydrogen (secondary N) is 1. The van der Waals surface area contributed by atoms with Gasteiger partial charge in [-0.05, 0) is 45.4 Å². The van der Waals surface area contributed by atoms with Gasteiger partial charge in [0.15, 0.2) is 0 Å². The first-order chi connectivity index (χ1) is 11.7. The quantitative estimate of drug-likeness (QED) is 0.891. The fraction of sp³-hybridized carbons (Fsp3) is 0.556. The summed E-state index contributed by atoms with van der Waals surface area (Å²) in [5.74, 6) is 0.00298. The van der Waals surface area contributed by atoms with E-state index in [1.807, 2.05) is 45.9 Å². The molecular formula is C18H26ClN3O3. The highest BCUT2D eigenvalue weighted by molar-refractivity contribution is 6.31. The first kappa shape index (κ1) is 19.4. The number of carbonyl (C=O) groups excluding carboxylic acids is 2. The normalized spacial score (nSPS) is 15.1. The monoisotopic (exact) mass is 367 g/mol. The molecule has 0 spiro atoms. The molecule has 1 aromatic rings. The van der Waals surface area contributed by atoms with Gasteiger partial charge in [0.2, 0.25) is 5.91 Å². The molecule has 1 saturated heterocycles. The third kappa shape index (κ3) is 5.53. The molecular weight excluding hydrogens is 342 g/mol. The van der Waals surface area contributed by atoms with E-state index in [0.717, 1.165) is 11.3 Å². The largest absolute Gasteiger partial charge is 0.444 e. The highest BCUT2D eigenvalue weighted by Crippen LogP contribution is 2.22. The number of piperazine rings is 1. The van der Waals surface area contributed by atoms with Crippen molar-refractivity contribution in [1.29, 1.82) is 0 Å². The summed E-state index contributed by atoms with van der Waals surface area (Å²) >= 11 is 6.08. The fourth-order valence-electron chi connectivity index (χ4n) is 2.55. The van der Waals surface area contributed by atoms with Gasteiger partial charge >= 0.3 is 6.09 Å². The van der Waals surface area contributed by atoms with E-state index in [1.54, 1.807) is 9.80 Å². The van der Waals surface area contributed by atoms with Crippen LogP contribution >= 0.6 is 11.6 Å². The Morgan fingerprint density at radius 3 is 2.36 bits per heavy atom. The lowest BCUT2D eigenvalue weighted by Crippen LogP contribution is -2.52. The second-order valence-corrected chi connectivity index (χ2v) is 7.52. The van der Waals surface area contributed by atoms with E-state index < -0.39 is 5.60 Å². The number of ether oxygens (including phenoxy) is 1. The van der Waals surface area contributed by atoms with Crippen molar-refractivity contribution in [3.05, 3.63) is 28.8 Å². The van der Waals surface area contributed by atoms with Gasteiger partial charge in [0.05, 0.1) is 6.54 Å². The maximum atomic E-state index is 12.4. The minimum atomic E-state index is -0.511. The Labute approximate surface area is 154 Å². The van der Waals surface area contributed by atoms with E-state index in [4.69, 9.17) is 16.3 Å². The Kier molecular flexibility index (Phi) is 6.16. The smallest absolute Gasteiger partial charge is 0.410 e. The first-order valence-corrected chi connectivity index (χ1v) is 8.80. The van der Waals surface area contributed by atoms with Crippen LogP contribution in [-0.2, 0) is 9.53 Å². The van der Waals surface area contributed by atoms with Crippen LogP contribution in [-0.4, -0.2) is 60.1 Å². The SMILES string of the molecule is Cc1c(Cl)cccc1NCC(=O)N1CCN(C(=O)OC(C)(C)C)CC1. The van der Waals surface area contributed by atoms with Crippen molar-refractivity contribution in [3.8, 4) is 0 Å². The van der Waals surface area contributed by atoms with Crippen LogP contribution in [0.25, 0.3) is 0 Å². The van der Waals surface area contributed by atoms with Gasteiger partial charge in [0, 0.05) is 36.9 Å². The van der Waals surface area contributed by atoms with Gasteiger partial charge in [0.25, 0.3) is 0 Å². The van der Waals surface area contributed by atoms with Crippen molar-refractivity contribution in [2.45, 2.75) is 33.3 Å². The summed E-state index contributed by atoms with van der Waals surface area (Å²) in [4.78, 5) is 27.8. The summed E-state index contributed by atoms with van der Waals surface area (Å²) < 4.78 is 5.36. The van der Waals surface area contributed by atoms with Crippen LogP contribution in [0, 0.1) is 6.92 Å². The Morgan fingerprint density at radius 1 is 1.16 bits per heavy atom. The van der Waals surface area contributed by atoms with Gasteiger partial charge < -0.3 is 19.9 Å². The molecule has 1 aliphatic heterocycles. The maximum absolute atomic E-state index is 12.4. The fourth-order valence-corrected chi connectivity index (χ4v) is 2.72. The van der Waals surface area contributed by atoms with E-state index in [9.17, 15) is 9.59 Å². The highest BCUT2D eigenvalue weighted by Gasteiger charge is 2.27. The molecule has 7 heteroatoms. The number of hydrogen-bond acceptors (Lipinski definition) is 4. The van der Waals surface area contributed by atoms with Crippen LogP contribution in [0.1, 0.15) is 26.3 Å². The highest BCUT2D eigenvalue weighted by atomic mass is 35.5. The van der Waals surface area contributed by atoms with E-state index in [1.165, 1.54) is 0 Å². The van der Waals surface area contributed by atoms with E-state index in [0.29, 0.717) is 31.2 Å². The maximum Gasteiger partial charge on any atom is 0.410 e. The molecule has 0 bridgehead atoms. The number of hydrogen-bond donors (Lipinski definition) is 1. The number of benzene rings is 1. The number of amides is 2. The molecule has 0 aliphatic carbocycles. The molecule has 138 valence electrons. The van der Waals surface area contributed by atoms with E-state index in [2.05, 4.69) is 5.32 Å². The molecule has 1 aromatic carbocycles. The molecule has 0 aromatic heterocycles. The van der Waals surface area contributed by atoms with Crippen molar-refractivity contribution in [2.24, 2.45) is 0 Å². The summed E-state index contributed by atoms with van der Waals surface area (Å²) in [6, 6.07) is 5.57. The predicted molar refractivity (Wildman–Crippen MR) is 99.1 cm³/mol. The molecule has 1 N–H and O–H groups in total. The van der Waals surface area contributed by atoms with Crippen molar-refractivity contribution >= 4 is 29.3 Å². The third-order valence-electron chi connectivity index (χ3n) is 3.98. The molecule has 0 saturated carbocycles. The van der Waals surface area contributed by atoms with Gasteiger partial charge in [-0.3, -0.25) is 4.79 Å². The molecule has 2 rings (SSSR count). The summed E-state index contributed by atoms with van der Waals surface area (Å²) in [6.45, 7) is 9.62. The Morgan fingerprint density at radius 2 is 1.76 bits per heavy atom. The summed E-state index contributed by atoms with van der Waals surface area (Å²) in [5.41, 5.74) is 1.27. The molecule has 0 atom stereocenters. The van der Waals surface area contributed by atoms with Crippen LogP contribution in [0.2, 0.25) is 5.02 Å². The topological polar surface area (TPSA) is 61.9 Å². The van der Waals surface area contributed by atoms with Crippen LogP contribution in [0.15, 0.2) is 18.2 Å². The van der Waals surface area contributed by atoms with Gasteiger partial charge in [-0.25, -0.2) is 4.79 Å². The molecule has 1 aliphatic rings. The van der Waals surface area contributed by atoms with Crippen LogP contribution < -0.4 is 5.32 Å². The lowest BCUT2D eigenvalue weighted by atomic mass is 10.2. The molecule has 1 fully saturated rings. The minimum Gasteiger partial charge on any atom is -0.444 e. The zero-order valence-electron chi connectivity index (χ0n) is 15.3. The summed E-state index contributed by atoms with van der Waals surface area (Å²) in [7, 11) is 0. The van der Waals surface area contributed by atoms with Crippen molar-refractivity contribution in [2.75, 3.05) is 38.0 Å². The van der Waals surface area contributed by atoms with Crippen LogP contribution in [0.4, 0.5) is 10.5 Å². The van der Waals surface area contributed by atoms with Crippen LogP contribution in [0.5, 0.6) is 0 Å². The predicted octanol–water partition coefficient (Wildman–Crippen LogP) is 3.14. The standard InChI is InChI=1S/C18H26ClN3O3/c1-13-14(19)6-5-7-15(13)20-12-16(23)21-8-10-22(11-9-21)17(24)25-18(2,3)4/h5-7,20H,8-12H2,1-4H3. The van der Waals surface area contributed by atoms with Gasteiger partial charge in [-0.15, -0.1) is 0 Å². The molecule has 1 heterocycles.